The number of hydrogen-bond acceptors (Lipinski definition) is 3. The first-order valence-electron chi connectivity index (χ1n) is 7.96. The number of aryl methyl sites for hydroxylation is 2. The maximum absolute atomic E-state index is 12.6. The highest BCUT2D eigenvalue weighted by Gasteiger charge is 2.19. The van der Waals surface area contributed by atoms with Gasteiger partial charge in [0, 0.05) is 30.4 Å². The molecule has 0 aliphatic carbocycles. The van der Waals surface area contributed by atoms with Gasteiger partial charge in [-0.25, -0.2) is 0 Å². The van der Waals surface area contributed by atoms with Crippen LogP contribution in [0.2, 0.25) is 5.02 Å². The smallest absolute Gasteiger partial charge is 0.272 e. The Morgan fingerprint density at radius 2 is 1.88 bits per heavy atom. The van der Waals surface area contributed by atoms with Crippen molar-refractivity contribution >= 4 is 17.5 Å². The van der Waals surface area contributed by atoms with Crippen molar-refractivity contribution in [3.8, 4) is 11.3 Å². The fourth-order valence-electron chi connectivity index (χ4n) is 2.76. The Hall–Kier alpha value is -2.60. The van der Waals surface area contributed by atoms with Gasteiger partial charge >= 0.3 is 0 Å². The summed E-state index contributed by atoms with van der Waals surface area (Å²) in [6, 6.07) is 9.07. The Morgan fingerprint density at radius 3 is 2.48 bits per heavy atom. The Labute approximate surface area is 151 Å². The molecular weight excluding hydrogens is 338 g/mol. The summed E-state index contributed by atoms with van der Waals surface area (Å²) in [4.78, 5) is 12.6. The van der Waals surface area contributed by atoms with Crippen LogP contribution in [0.4, 0.5) is 0 Å². The topological polar surface area (TPSA) is 64.7 Å². The van der Waals surface area contributed by atoms with Gasteiger partial charge in [-0.05, 0) is 37.6 Å². The monoisotopic (exact) mass is 357 g/mol. The van der Waals surface area contributed by atoms with Crippen LogP contribution in [0.5, 0.6) is 0 Å². The molecule has 3 rings (SSSR count). The molecule has 1 N–H and O–H groups in total. The highest BCUT2D eigenvalue weighted by Crippen LogP contribution is 2.22. The molecule has 3 aromatic rings. The zero-order valence-corrected chi connectivity index (χ0v) is 15.4. The fraction of sp³-hybridized carbons (Fsp3) is 0.278. The largest absolute Gasteiger partial charge is 0.344 e. The van der Waals surface area contributed by atoms with Crippen LogP contribution in [0, 0.1) is 6.92 Å². The number of amides is 1. The average Bonchev–Trinajstić information content (AvgIpc) is 3.12. The summed E-state index contributed by atoms with van der Waals surface area (Å²) in [6.45, 7) is 3.91. The van der Waals surface area contributed by atoms with Crippen molar-refractivity contribution in [2.24, 2.45) is 14.1 Å². The lowest BCUT2D eigenvalue weighted by atomic mass is 10.1. The van der Waals surface area contributed by atoms with Crippen LogP contribution in [0.3, 0.4) is 0 Å². The SMILES string of the molecule is Cc1c([C@H](C)NC(=O)c2cc(-c3ccc(Cl)cc3)n(C)n2)cnn1C. The zero-order valence-electron chi connectivity index (χ0n) is 14.6. The summed E-state index contributed by atoms with van der Waals surface area (Å²) in [7, 11) is 3.69. The number of halogens is 1. The van der Waals surface area contributed by atoms with Gasteiger partial charge < -0.3 is 5.32 Å². The first-order valence-corrected chi connectivity index (χ1v) is 8.34. The number of hydrogen-bond donors (Lipinski definition) is 1. The first-order chi connectivity index (χ1) is 11.9. The molecule has 7 heteroatoms. The van der Waals surface area contributed by atoms with Gasteiger partial charge in [0.05, 0.1) is 17.9 Å². The molecule has 0 aliphatic rings. The summed E-state index contributed by atoms with van der Waals surface area (Å²) in [5.41, 5.74) is 4.20. The number of nitrogens with zero attached hydrogens (tertiary/aromatic N) is 4. The van der Waals surface area contributed by atoms with Crippen molar-refractivity contribution in [1.82, 2.24) is 24.9 Å². The van der Waals surface area contributed by atoms with E-state index in [-0.39, 0.29) is 11.9 Å². The molecule has 1 atom stereocenters. The number of carbonyl (C=O) groups is 1. The summed E-state index contributed by atoms with van der Waals surface area (Å²) >= 11 is 5.93. The molecule has 25 heavy (non-hydrogen) atoms. The van der Waals surface area contributed by atoms with Crippen LogP contribution in [0.15, 0.2) is 36.5 Å². The van der Waals surface area contributed by atoms with Crippen molar-refractivity contribution in [3.05, 3.63) is 58.5 Å². The molecule has 0 saturated carbocycles. The Morgan fingerprint density at radius 1 is 1.20 bits per heavy atom. The normalized spacial score (nSPS) is 12.2. The third-order valence-electron chi connectivity index (χ3n) is 4.34. The second-order valence-corrected chi connectivity index (χ2v) is 6.49. The Balaban J connectivity index is 1.80. The minimum Gasteiger partial charge on any atom is -0.344 e. The van der Waals surface area contributed by atoms with Gasteiger partial charge in [-0.3, -0.25) is 14.2 Å². The summed E-state index contributed by atoms with van der Waals surface area (Å²) in [6.07, 6.45) is 1.78. The molecule has 0 saturated heterocycles. The standard InChI is InChI=1S/C18H20ClN5O/c1-11(15-10-20-23(3)12(15)2)21-18(25)16-9-17(24(4)22-16)13-5-7-14(19)8-6-13/h5-11H,1-4H3,(H,21,25)/t11-/m0/s1. The molecule has 2 heterocycles. The van der Waals surface area contributed by atoms with E-state index in [4.69, 9.17) is 11.6 Å². The van der Waals surface area contributed by atoms with E-state index < -0.39 is 0 Å². The summed E-state index contributed by atoms with van der Waals surface area (Å²) < 4.78 is 3.48. The second kappa shape index (κ2) is 6.72. The number of carbonyl (C=O) groups excluding carboxylic acids is 1. The molecule has 0 aliphatic heterocycles. The van der Waals surface area contributed by atoms with Crippen LogP contribution in [0.25, 0.3) is 11.3 Å². The number of benzene rings is 1. The van der Waals surface area contributed by atoms with Crippen LogP contribution >= 0.6 is 11.6 Å². The predicted molar refractivity (Wildman–Crippen MR) is 97.5 cm³/mol. The van der Waals surface area contributed by atoms with Crippen molar-refractivity contribution in [3.63, 3.8) is 0 Å². The average molecular weight is 358 g/mol. The first kappa shape index (κ1) is 17.2. The van der Waals surface area contributed by atoms with Crippen LogP contribution in [-0.2, 0) is 14.1 Å². The van der Waals surface area contributed by atoms with E-state index >= 15 is 0 Å². The minimum atomic E-state index is -0.216. The van der Waals surface area contributed by atoms with Gasteiger partial charge in [0.25, 0.3) is 5.91 Å². The molecule has 0 spiro atoms. The van der Waals surface area contributed by atoms with Gasteiger partial charge in [-0.15, -0.1) is 0 Å². The lowest BCUT2D eigenvalue weighted by molar-refractivity contribution is 0.0934. The van der Waals surface area contributed by atoms with Crippen LogP contribution < -0.4 is 5.32 Å². The maximum Gasteiger partial charge on any atom is 0.272 e. The third kappa shape index (κ3) is 3.44. The van der Waals surface area contributed by atoms with E-state index in [2.05, 4.69) is 15.5 Å². The highest BCUT2D eigenvalue weighted by atomic mass is 35.5. The second-order valence-electron chi connectivity index (χ2n) is 6.05. The van der Waals surface area contributed by atoms with Crippen LogP contribution in [0.1, 0.15) is 34.7 Å². The highest BCUT2D eigenvalue weighted by molar-refractivity contribution is 6.30. The third-order valence-corrected chi connectivity index (χ3v) is 4.59. The molecule has 2 aromatic heterocycles. The van der Waals surface area contributed by atoms with Gasteiger partial charge in [0.15, 0.2) is 5.69 Å². The Kier molecular flexibility index (Phi) is 4.63. The van der Waals surface area contributed by atoms with Crippen molar-refractivity contribution in [2.45, 2.75) is 19.9 Å². The van der Waals surface area contributed by atoms with Crippen molar-refractivity contribution < 1.29 is 4.79 Å². The van der Waals surface area contributed by atoms with E-state index in [9.17, 15) is 4.79 Å². The molecule has 1 aromatic carbocycles. The molecule has 1 amide bonds. The quantitative estimate of drug-likeness (QED) is 0.779. The van der Waals surface area contributed by atoms with E-state index in [1.54, 1.807) is 21.6 Å². The van der Waals surface area contributed by atoms with E-state index in [1.165, 1.54) is 0 Å². The van der Waals surface area contributed by atoms with E-state index in [0.717, 1.165) is 22.5 Å². The summed E-state index contributed by atoms with van der Waals surface area (Å²) in [5, 5.41) is 12.2. The van der Waals surface area contributed by atoms with Crippen molar-refractivity contribution in [1.29, 1.82) is 0 Å². The molecule has 0 fully saturated rings. The van der Waals surface area contributed by atoms with Crippen LogP contribution in [-0.4, -0.2) is 25.5 Å². The van der Waals surface area contributed by atoms with E-state index in [1.807, 2.05) is 52.2 Å². The molecule has 0 radical (unpaired) electrons. The van der Waals surface area contributed by atoms with Crippen molar-refractivity contribution in [2.75, 3.05) is 0 Å². The maximum atomic E-state index is 12.6. The zero-order chi connectivity index (χ0) is 18.1. The van der Waals surface area contributed by atoms with Gasteiger partial charge in [0.2, 0.25) is 0 Å². The molecule has 130 valence electrons. The van der Waals surface area contributed by atoms with Gasteiger partial charge in [0.1, 0.15) is 0 Å². The number of aromatic nitrogens is 4. The predicted octanol–water partition coefficient (Wildman–Crippen LogP) is 3.27. The number of nitrogens with one attached hydrogen (secondary N) is 1. The summed E-state index contributed by atoms with van der Waals surface area (Å²) in [5.74, 6) is -0.216. The molecular formula is C18H20ClN5O. The lowest BCUT2D eigenvalue weighted by Crippen LogP contribution is -2.27. The Bertz CT molecular complexity index is 910. The molecule has 6 nitrogen and oxygen atoms in total. The number of rotatable bonds is 4. The van der Waals surface area contributed by atoms with Gasteiger partial charge in [-0.1, -0.05) is 23.7 Å². The molecule has 0 bridgehead atoms. The fourth-order valence-corrected chi connectivity index (χ4v) is 2.88. The minimum absolute atomic E-state index is 0.151. The van der Waals surface area contributed by atoms with Gasteiger partial charge in [-0.2, -0.15) is 10.2 Å². The molecule has 0 unspecified atom stereocenters. The lowest BCUT2D eigenvalue weighted by Gasteiger charge is -2.12. The van der Waals surface area contributed by atoms with E-state index in [0.29, 0.717) is 10.7 Å².